The number of ether oxygens (including phenoxy) is 1. The number of pyridine rings is 1. The van der Waals surface area contributed by atoms with Crippen molar-refractivity contribution in [1.29, 1.82) is 0 Å². The van der Waals surface area contributed by atoms with Gasteiger partial charge in [0.1, 0.15) is 17.1 Å². The molecule has 35 heavy (non-hydrogen) atoms. The van der Waals surface area contributed by atoms with Crippen molar-refractivity contribution >= 4 is 45.8 Å². The average Bonchev–Trinajstić information content (AvgIpc) is 3.31. The minimum Gasteiger partial charge on any atom is -0.457 e. The Labute approximate surface area is 209 Å². The Balaban J connectivity index is 1.37. The summed E-state index contributed by atoms with van der Waals surface area (Å²) in [6, 6.07) is 16.6. The number of carbonyl (C=O) groups excluding carboxylic acids is 1. The van der Waals surface area contributed by atoms with Crippen LogP contribution in [0.25, 0.3) is 16.7 Å². The van der Waals surface area contributed by atoms with Gasteiger partial charge in [0.05, 0.1) is 16.1 Å². The molecule has 3 heterocycles. The third-order valence-electron chi connectivity index (χ3n) is 5.24. The van der Waals surface area contributed by atoms with Gasteiger partial charge in [0.2, 0.25) is 0 Å². The van der Waals surface area contributed by atoms with Crippen molar-refractivity contribution in [2.75, 3.05) is 5.32 Å². The first-order valence-electron chi connectivity index (χ1n) is 10.5. The first-order valence-corrected chi connectivity index (χ1v) is 11.2. The van der Waals surface area contributed by atoms with Crippen LogP contribution in [0.2, 0.25) is 10.0 Å². The van der Waals surface area contributed by atoms with Crippen molar-refractivity contribution < 1.29 is 9.53 Å². The monoisotopic (exact) mass is 505 g/mol. The molecule has 0 saturated heterocycles. The van der Waals surface area contributed by atoms with Gasteiger partial charge in [0.15, 0.2) is 5.69 Å². The molecular formula is C25H17Cl2N5O3. The first-order chi connectivity index (χ1) is 16.9. The van der Waals surface area contributed by atoms with Gasteiger partial charge >= 0.3 is 0 Å². The predicted octanol–water partition coefficient (Wildman–Crippen LogP) is 5.77. The number of nitrogens with zero attached hydrogens (tertiary/aromatic N) is 3. The molecule has 0 fully saturated rings. The fourth-order valence-corrected chi connectivity index (χ4v) is 4.03. The largest absolute Gasteiger partial charge is 0.457 e. The third-order valence-corrected chi connectivity index (χ3v) is 5.77. The van der Waals surface area contributed by atoms with Gasteiger partial charge < -0.3 is 15.0 Å². The van der Waals surface area contributed by atoms with E-state index in [1.165, 1.54) is 12.1 Å². The Bertz CT molecular complexity index is 1630. The highest BCUT2D eigenvalue weighted by Crippen LogP contribution is 2.29. The number of halogens is 2. The van der Waals surface area contributed by atoms with Crippen molar-refractivity contribution in [3.05, 3.63) is 105 Å². The molecule has 0 aliphatic rings. The molecule has 3 aromatic heterocycles. The van der Waals surface area contributed by atoms with Gasteiger partial charge in [-0.15, -0.1) is 0 Å². The molecule has 0 spiro atoms. The van der Waals surface area contributed by atoms with Gasteiger partial charge in [0.25, 0.3) is 11.5 Å². The summed E-state index contributed by atoms with van der Waals surface area (Å²) < 4.78 is 7.04. The van der Waals surface area contributed by atoms with E-state index in [-0.39, 0.29) is 10.7 Å². The van der Waals surface area contributed by atoms with Crippen molar-refractivity contribution in [2.45, 2.75) is 6.92 Å². The number of amides is 1. The molecule has 2 N–H and O–H groups in total. The molecule has 0 bridgehead atoms. The lowest BCUT2D eigenvalue weighted by atomic mass is 10.2. The quantitative estimate of drug-likeness (QED) is 0.315. The molecular weight excluding hydrogens is 489 g/mol. The molecule has 5 aromatic rings. The van der Waals surface area contributed by atoms with E-state index in [1.54, 1.807) is 61.8 Å². The Morgan fingerprint density at radius 2 is 1.86 bits per heavy atom. The summed E-state index contributed by atoms with van der Waals surface area (Å²) in [6.07, 6.45) is 3.46. The molecule has 10 heteroatoms. The highest BCUT2D eigenvalue weighted by molar-refractivity contribution is 6.35. The highest BCUT2D eigenvalue weighted by Gasteiger charge is 2.16. The Morgan fingerprint density at radius 1 is 1.06 bits per heavy atom. The number of aromatic amines is 1. The fraction of sp³-hybridized carbons (Fsp3) is 0.0400. The second kappa shape index (κ2) is 9.25. The van der Waals surface area contributed by atoms with Crippen LogP contribution in [0.4, 0.5) is 5.69 Å². The SMILES string of the molecule is Cc1cc(=O)n(-c2ccc(Cl)cc2Cl)nc1C(=O)Nc1ccc(Oc2ccnc3[nH]ccc23)cc1. The molecule has 0 saturated carbocycles. The first kappa shape index (κ1) is 22.6. The van der Waals surface area contributed by atoms with E-state index in [9.17, 15) is 9.59 Å². The van der Waals surface area contributed by atoms with E-state index in [0.717, 1.165) is 15.7 Å². The van der Waals surface area contributed by atoms with Crippen LogP contribution in [0.15, 0.2) is 77.9 Å². The Hall–Kier alpha value is -4.14. The van der Waals surface area contributed by atoms with Crippen LogP contribution in [-0.2, 0) is 0 Å². The van der Waals surface area contributed by atoms with E-state index < -0.39 is 11.5 Å². The number of anilines is 1. The van der Waals surface area contributed by atoms with Crippen LogP contribution in [0.5, 0.6) is 11.5 Å². The van der Waals surface area contributed by atoms with Crippen LogP contribution >= 0.6 is 23.2 Å². The van der Waals surface area contributed by atoms with Crippen LogP contribution in [0.3, 0.4) is 0 Å². The number of hydrogen-bond acceptors (Lipinski definition) is 5. The molecule has 0 aliphatic heterocycles. The number of aryl methyl sites for hydroxylation is 1. The van der Waals surface area contributed by atoms with E-state index in [4.69, 9.17) is 27.9 Å². The maximum atomic E-state index is 13.0. The number of aromatic nitrogens is 4. The predicted molar refractivity (Wildman–Crippen MR) is 135 cm³/mol. The molecule has 1 amide bonds. The smallest absolute Gasteiger partial charge is 0.276 e. The van der Waals surface area contributed by atoms with E-state index in [2.05, 4.69) is 20.4 Å². The Morgan fingerprint density at radius 3 is 2.63 bits per heavy atom. The van der Waals surface area contributed by atoms with Crippen molar-refractivity contribution in [1.82, 2.24) is 19.7 Å². The second-order valence-electron chi connectivity index (χ2n) is 7.65. The number of rotatable bonds is 5. The fourth-order valence-electron chi connectivity index (χ4n) is 3.54. The number of hydrogen-bond donors (Lipinski definition) is 2. The normalized spacial score (nSPS) is 10.9. The number of H-pyrrole nitrogens is 1. The number of fused-ring (bicyclic) bond motifs is 1. The minimum atomic E-state index is -0.474. The van der Waals surface area contributed by atoms with Gasteiger partial charge in [-0.25, -0.2) is 4.98 Å². The number of nitrogens with one attached hydrogen (secondary N) is 2. The molecule has 8 nitrogen and oxygen atoms in total. The number of carbonyl (C=O) groups is 1. The zero-order valence-electron chi connectivity index (χ0n) is 18.3. The minimum absolute atomic E-state index is 0.0857. The van der Waals surface area contributed by atoms with Crippen LogP contribution < -0.4 is 15.6 Å². The van der Waals surface area contributed by atoms with Gasteiger partial charge in [-0.2, -0.15) is 9.78 Å². The van der Waals surface area contributed by atoms with Gasteiger partial charge in [0, 0.05) is 29.2 Å². The lowest BCUT2D eigenvalue weighted by molar-refractivity contribution is 0.102. The van der Waals surface area contributed by atoms with Gasteiger partial charge in [-0.3, -0.25) is 9.59 Å². The van der Waals surface area contributed by atoms with E-state index in [0.29, 0.717) is 33.5 Å². The van der Waals surface area contributed by atoms with Crippen molar-refractivity contribution in [3.8, 4) is 17.2 Å². The van der Waals surface area contributed by atoms with E-state index in [1.807, 2.05) is 6.07 Å². The molecule has 0 radical (unpaired) electrons. The number of benzene rings is 2. The lowest BCUT2D eigenvalue weighted by Gasteiger charge is -2.12. The summed E-state index contributed by atoms with van der Waals surface area (Å²) >= 11 is 12.2. The van der Waals surface area contributed by atoms with Crippen molar-refractivity contribution in [3.63, 3.8) is 0 Å². The topological polar surface area (TPSA) is 102 Å². The van der Waals surface area contributed by atoms with Crippen LogP contribution in [-0.4, -0.2) is 25.7 Å². The summed E-state index contributed by atoms with van der Waals surface area (Å²) in [5.41, 5.74) is 1.69. The zero-order valence-corrected chi connectivity index (χ0v) is 19.8. The van der Waals surface area contributed by atoms with Crippen LogP contribution in [0.1, 0.15) is 16.1 Å². The molecule has 2 aromatic carbocycles. The van der Waals surface area contributed by atoms with Gasteiger partial charge in [-0.05, 0) is 67.1 Å². The van der Waals surface area contributed by atoms with E-state index >= 15 is 0 Å². The summed E-state index contributed by atoms with van der Waals surface area (Å²) in [5.74, 6) is 0.783. The molecule has 0 atom stereocenters. The highest BCUT2D eigenvalue weighted by atomic mass is 35.5. The molecule has 174 valence electrons. The standard InChI is InChI=1S/C25H17Cl2N5O3/c1-14-12-22(33)32(20-7-2-15(26)13-19(20)27)31-23(14)25(34)30-16-3-5-17(6-4-16)35-21-9-11-29-24-18(21)8-10-28-24/h2-13H,1H3,(H,28,29)(H,30,34). The lowest BCUT2D eigenvalue weighted by Crippen LogP contribution is -2.26. The second-order valence-corrected chi connectivity index (χ2v) is 8.49. The summed E-state index contributed by atoms with van der Waals surface area (Å²) in [6.45, 7) is 1.64. The van der Waals surface area contributed by atoms with Crippen molar-refractivity contribution in [2.24, 2.45) is 0 Å². The Kier molecular flexibility index (Phi) is 5.98. The van der Waals surface area contributed by atoms with Gasteiger partial charge in [-0.1, -0.05) is 23.2 Å². The maximum Gasteiger partial charge on any atom is 0.276 e. The average molecular weight is 506 g/mol. The summed E-state index contributed by atoms with van der Waals surface area (Å²) in [4.78, 5) is 32.8. The zero-order chi connectivity index (χ0) is 24.5. The third kappa shape index (κ3) is 4.62. The van der Waals surface area contributed by atoms with Crippen LogP contribution in [0, 0.1) is 6.92 Å². The summed E-state index contributed by atoms with van der Waals surface area (Å²) in [7, 11) is 0. The molecule has 0 aliphatic carbocycles. The summed E-state index contributed by atoms with van der Waals surface area (Å²) in [5, 5.41) is 8.58. The molecule has 0 unspecified atom stereocenters. The maximum absolute atomic E-state index is 13.0. The molecule has 5 rings (SSSR count).